The van der Waals surface area contributed by atoms with Gasteiger partial charge in [-0.15, -0.1) is 0 Å². The zero-order valence-corrected chi connectivity index (χ0v) is 15.4. The van der Waals surface area contributed by atoms with Gasteiger partial charge in [0.2, 0.25) is 0 Å². The molecule has 0 saturated heterocycles. The van der Waals surface area contributed by atoms with E-state index in [0.717, 1.165) is 49.9 Å². The summed E-state index contributed by atoms with van der Waals surface area (Å²) in [5.74, 6) is 0. The predicted molar refractivity (Wildman–Crippen MR) is 99.5 cm³/mol. The van der Waals surface area contributed by atoms with Crippen molar-refractivity contribution >= 4 is 8.07 Å². The van der Waals surface area contributed by atoms with Crippen LogP contribution in [0.2, 0.25) is 24.2 Å². The lowest BCUT2D eigenvalue weighted by Crippen LogP contribution is -2.34. The normalized spacial score (nSPS) is 11.8. The van der Waals surface area contributed by atoms with E-state index in [0.29, 0.717) is 26.2 Å². The fourth-order valence-corrected chi connectivity index (χ4v) is 8.16. The van der Waals surface area contributed by atoms with Crippen LogP contribution in [-0.4, -0.2) is 34.3 Å². The highest BCUT2D eigenvalue weighted by Gasteiger charge is 2.30. The second-order valence-corrected chi connectivity index (χ2v) is 10.7. The molecule has 0 amide bonds. The standard InChI is InChI=1S/C12H24N12Si/c13-21-17-5-1-9-25(10-2-6-18-22-14,11-3-7-19-23-15)12-4-8-20-24-16/h1-12H2. The van der Waals surface area contributed by atoms with E-state index < -0.39 is 8.07 Å². The average Bonchev–Trinajstić information content (AvgIpc) is 2.63. The maximum atomic E-state index is 8.43. The molecule has 0 heterocycles. The fourth-order valence-electron chi connectivity index (χ4n) is 3.03. The Morgan fingerprint density at radius 3 is 0.920 bits per heavy atom. The molecule has 0 bridgehead atoms. The lowest BCUT2D eigenvalue weighted by Gasteiger charge is -2.32. The Hall–Kier alpha value is -2.54. The van der Waals surface area contributed by atoms with Crippen LogP contribution in [0.15, 0.2) is 20.5 Å². The lowest BCUT2D eigenvalue weighted by atomic mass is 10.5. The van der Waals surface area contributed by atoms with Crippen molar-refractivity contribution in [3.8, 4) is 0 Å². The van der Waals surface area contributed by atoms with Gasteiger partial charge >= 0.3 is 0 Å². The molecule has 0 atom stereocenters. The third-order valence-electron chi connectivity index (χ3n) is 4.11. The monoisotopic (exact) mass is 364 g/mol. The van der Waals surface area contributed by atoms with Gasteiger partial charge in [-0.1, -0.05) is 70.3 Å². The predicted octanol–water partition coefficient (Wildman–Crippen LogP) is 6.24. The van der Waals surface area contributed by atoms with Crippen molar-refractivity contribution < 1.29 is 0 Å². The molecule has 0 aromatic heterocycles. The molecule has 0 aliphatic carbocycles. The summed E-state index contributed by atoms with van der Waals surface area (Å²) in [4.78, 5) is 11.2. The number of hydrogen-bond acceptors (Lipinski definition) is 4. The Bertz CT molecular complexity index is 451. The van der Waals surface area contributed by atoms with Crippen LogP contribution in [0.3, 0.4) is 0 Å². The summed E-state index contributed by atoms with van der Waals surface area (Å²) in [5, 5.41) is 14.4. The molecular weight excluding hydrogens is 340 g/mol. The topological polar surface area (TPSA) is 195 Å². The smallest absolute Gasteiger partial charge is 0.0535 e. The van der Waals surface area contributed by atoms with Crippen LogP contribution in [0.25, 0.3) is 41.8 Å². The largest absolute Gasteiger partial charge is 0.0940 e. The van der Waals surface area contributed by atoms with Crippen LogP contribution in [0.4, 0.5) is 0 Å². The van der Waals surface area contributed by atoms with Gasteiger partial charge in [0, 0.05) is 45.8 Å². The molecule has 13 heteroatoms. The van der Waals surface area contributed by atoms with Crippen molar-refractivity contribution in [1.29, 1.82) is 0 Å². The zero-order valence-electron chi connectivity index (χ0n) is 14.4. The highest BCUT2D eigenvalue weighted by atomic mass is 28.3. The molecule has 0 rings (SSSR count). The molecule has 0 fully saturated rings. The summed E-state index contributed by atoms with van der Waals surface area (Å²) < 4.78 is 0. The molecule has 0 spiro atoms. The van der Waals surface area contributed by atoms with Crippen LogP contribution >= 0.6 is 0 Å². The minimum atomic E-state index is -1.73. The first kappa shape index (κ1) is 22.5. The fraction of sp³-hybridized carbons (Fsp3) is 1.00. The molecule has 0 aromatic carbocycles. The van der Waals surface area contributed by atoms with Gasteiger partial charge in [-0.2, -0.15) is 0 Å². The number of rotatable bonds is 16. The van der Waals surface area contributed by atoms with Gasteiger partial charge in [0.25, 0.3) is 0 Å². The van der Waals surface area contributed by atoms with E-state index in [1.807, 2.05) is 0 Å². The molecular formula is C12H24N12Si. The van der Waals surface area contributed by atoms with Gasteiger partial charge in [-0.3, -0.25) is 0 Å². The highest BCUT2D eigenvalue weighted by molar-refractivity contribution is 6.79. The van der Waals surface area contributed by atoms with Crippen molar-refractivity contribution in [3.63, 3.8) is 0 Å². The lowest BCUT2D eigenvalue weighted by molar-refractivity contribution is 0.794. The van der Waals surface area contributed by atoms with E-state index in [-0.39, 0.29) is 0 Å². The van der Waals surface area contributed by atoms with E-state index >= 15 is 0 Å². The van der Waals surface area contributed by atoms with E-state index in [1.165, 1.54) is 0 Å². The van der Waals surface area contributed by atoms with Crippen molar-refractivity contribution in [2.24, 2.45) is 20.5 Å². The van der Waals surface area contributed by atoms with Crippen LogP contribution in [0, 0.1) is 0 Å². The molecule has 12 nitrogen and oxygen atoms in total. The molecule has 0 aromatic rings. The minimum absolute atomic E-state index is 0.467. The first-order chi connectivity index (χ1) is 12.2. The minimum Gasteiger partial charge on any atom is -0.0940 e. The van der Waals surface area contributed by atoms with E-state index in [1.54, 1.807) is 0 Å². The zero-order chi connectivity index (χ0) is 18.6. The first-order valence-corrected chi connectivity index (χ1v) is 11.1. The Labute approximate surface area is 147 Å². The molecule has 0 radical (unpaired) electrons. The van der Waals surface area contributed by atoms with Gasteiger partial charge < -0.3 is 0 Å². The Balaban J connectivity index is 4.94. The van der Waals surface area contributed by atoms with Crippen LogP contribution < -0.4 is 0 Å². The van der Waals surface area contributed by atoms with E-state index in [4.69, 9.17) is 22.1 Å². The number of hydrogen-bond donors (Lipinski definition) is 0. The molecule has 0 N–H and O–H groups in total. The Kier molecular flexibility index (Phi) is 14.7. The second-order valence-electron chi connectivity index (χ2n) is 5.73. The number of nitrogens with zero attached hydrogens (tertiary/aromatic N) is 12. The van der Waals surface area contributed by atoms with Gasteiger partial charge in [0.15, 0.2) is 0 Å². The third kappa shape index (κ3) is 12.5. The van der Waals surface area contributed by atoms with Crippen LogP contribution in [-0.2, 0) is 0 Å². The molecule has 0 unspecified atom stereocenters. The summed E-state index contributed by atoms with van der Waals surface area (Å²) in [7, 11) is -1.73. The summed E-state index contributed by atoms with van der Waals surface area (Å²) in [6, 6.07) is 3.98. The number of azide groups is 4. The maximum Gasteiger partial charge on any atom is 0.0535 e. The third-order valence-corrected chi connectivity index (χ3v) is 9.77. The first-order valence-electron chi connectivity index (χ1n) is 8.28. The molecule has 0 saturated carbocycles. The molecule has 25 heavy (non-hydrogen) atoms. The molecule has 0 aliphatic heterocycles. The Morgan fingerprint density at radius 1 is 0.480 bits per heavy atom. The second kappa shape index (κ2) is 16.3. The van der Waals surface area contributed by atoms with Crippen molar-refractivity contribution in [2.75, 3.05) is 26.2 Å². The van der Waals surface area contributed by atoms with Crippen molar-refractivity contribution in [2.45, 2.75) is 49.9 Å². The van der Waals surface area contributed by atoms with Crippen LogP contribution in [0.5, 0.6) is 0 Å². The van der Waals surface area contributed by atoms with Crippen LogP contribution in [0.1, 0.15) is 25.7 Å². The maximum absolute atomic E-state index is 8.43. The summed E-state index contributed by atoms with van der Waals surface area (Å²) in [6.45, 7) is 1.87. The summed E-state index contributed by atoms with van der Waals surface area (Å²) >= 11 is 0. The Morgan fingerprint density at radius 2 is 0.720 bits per heavy atom. The quantitative estimate of drug-likeness (QED) is 0.0983. The van der Waals surface area contributed by atoms with Gasteiger partial charge in [-0.05, 0) is 22.1 Å². The summed E-state index contributed by atoms with van der Waals surface area (Å²) in [5.41, 5.74) is 33.7. The van der Waals surface area contributed by atoms with Gasteiger partial charge in [-0.25, -0.2) is 0 Å². The van der Waals surface area contributed by atoms with E-state index in [2.05, 4.69) is 40.1 Å². The average molecular weight is 364 g/mol. The van der Waals surface area contributed by atoms with Crippen molar-refractivity contribution in [3.05, 3.63) is 41.8 Å². The highest BCUT2D eigenvalue weighted by Crippen LogP contribution is 2.32. The van der Waals surface area contributed by atoms with Gasteiger partial charge in [0.05, 0.1) is 8.07 Å². The summed E-state index contributed by atoms with van der Waals surface area (Å²) in [6.07, 6.45) is 3.28. The molecule has 136 valence electrons. The van der Waals surface area contributed by atoms with E-state index in [9.17, 15) is 0 Å². The SMILES string of the molecule is [N-]=[N+]=NCCC[Si](CCCN=[N+]=[N-])(CCCN=[N+]=[N-])CCCN=[N+]=[N-]. The van der Waals surface area contributed by atoms with Gasteiger partial charge in [0.1, 0.15) is 0 Å². The van der Waals surface area contributed by atoms with Crippen molar-refractivity contribution in [1.82, 2.24) is 0 Å². The molecule has 0 aliphatic rings.